The van der Waals surface area contributed by atoms with Gasteiger partial charge in [-0.25, -0.2) is 0 Å². The van der Waals surface area contributed by atoms with Crippen LogP contribution < -0.4 is 9.47 Å². The molecular formula is C47H52N4O2. The van der Waals surface area contributed by atoms with Gasteiger partial charge in [-0.3, -0.25) is 9.80 Å². The van der Waals surface area contributed by atoms with Gasteiger partial charge >= 0.3 is 0 Å². The third kappa shape index (κ3) is 7.44. The molecule has 8 rings (SSSR count). The van der Waals surface area contributed by atoms with Gasteiger partial charge in [0, 0.05) is 24.2 Å². The fraction of sp³-hybridized carbons (Fsp3) is 0.319. The van der Waals surface area contributed by atoms with E-state index in [4.69, 9.17) is 19.7 Å². The molecule has 0 unspecified atom stereocenters. The molecule has 5 aromatic carbocycles. The van der Waals surface area contributed by atoms with Crippen LogP contribution in [0, 0.1) is 0 Å². The van der Waals surface area contributed by atoms with Crippen molar-refractivity contribution in [2.24, 2.45) is 0 Å². The van der Waals surface area contributed by atoms with Crippen molar-refractivity contribution in [1.82, 2.24) is 20.0 Å². The highest BCUT2D eigenvalue weighted by Crippen LogP contribution is 2.41. The normalized spacial score (nSPS) is 19.3. The maximum atomic E-state index is 7.18. The predicted molar refractivity (Wildman–Crippen MR) is 220 cm³/mol. The highest BCUT2D eigenvalue weighted by molar-refractivity contribution is 5.91. The van der Waals surface area contributed by atoms with Crippen LogP contribution in [0.25, 0.3) is 32.3 Å². The number of likely N-dealkylation sites (tertiary alicyclic amines) is 2. The van der Waals surface area contributed by atoms with Crippen LogP contribution >= 0.6 is 0 Å². The molecule has 0 N–H and O–H groups in total. The van der Waals surface area contributed by atoms with Crippen molar-refractivity contribution in [3.8, 4) is 11.8 Å². The summed E-state index contributed by atoms with van der Waals surface area (Å²) in [5, 5.41) is 16.3. The van der Waals surface area contributed by atoms with Crippen LogP contribution in [0.3, 0.4) is 0 Å². The monoisotopic (exact) mass is 704 g/mol. The first-order chi connectivity index (χ1) is 25.7. The average Bonchev–Trinajstić information content (AvgIpc) is 3.20. The second-order valence-corrected chi connectivity index (χ2v) is 14.3. The van der Waals surface area contributed by atoms with Gasteiger partial charge < -0.3 is 9.47 Å². The SMILES string of the molecule is C.C=CCN1CCCC[C@H]1[C@H](Oc1nnc(O[C@H](c2cccc3ccccc23)[C@@H]2CCCCN2CC=C)c2ccccc12)c1cccc2ccccc12. The lowest BCUT2D eigenvalue weighted by atomic mass is 9.90. The van der Waals surface area contributed by atoms with Crippen LogP contribution in [0.5, 0.6) is 11.8 Å². The number of hydrogen-bond donors (Lipinski definition) is 0. The fourth-order valence-electron chi connectivity index (χ4n) is 8.67. The smallest absolute Gasteiger partial charge is 0.242 e. The van der Waals surface area contributed by atoms with Crippen molar-refractivity contribution in [1.29, 1.82) is 0 Å². The topological polar surface area (TPSA) is 50.7 Å². The number of nitrogens with zero attached hydrogens (tertiary/aromatic N) is 4. The number of rotatable bonds is 12. The highest BCUT2D eigenvalue weighted by atomic mass is 16.5. The number of benzene rings is 5. The Kier molecular flexibility index (Phi) is 11.5. The first kappa shape index (κ1) is 36.3. The highest BCUT2D eigenvalue weighted by Gasteiger charge is 2.36. The minimum atomic E-state index is -0.256. The second kappa shape index (κ2) is 16.7. The van der Waals surface area contributed by atoms with Crippen molar-refractivity contribution < 1.29 is 9.47 Å². The zero-order valence-electron chi connectivity index (χ0n) is 29.9. The predicted octanol–water partition coefficient (Wildman–Crippen LogP) is 10.9. The molecule has 6 heteroatoms. The van der Waals surface area contributed by atoms with Gasteiger partial charge in [0.25, 0.3) is 0 Å². The van der Waals surface area contributed by atoms with Crippen molar-refractivity contribution in [2.45, 2.75) is 70.2 Å². The lowest BCUT2D eigenvalue weighted by Crippen LogP contribution is -2.45. The third-order valence-corrected chi connectivity index (χ3v) is 11.1. The first-order valence-corrected chi connectivity index (χ1v) is 19.0. The maximum Gasteiger partial charge on any atom is 0.242 e. The number of hydrogen-bond acceptors (Lipinski definition) is 6. The third-order valence-electron chi connectivity index (χ3n) is 11.1. The molecule has 2 saturated heterocycles. The van der Waals surface area contributed by atoms with E-state index in [2.05, 4.69) is 120 Å². The summed E-state index contributed by atoms with van der Waals surface area (Å²) in [5.41, 5.74) is 2.33. The number of piperidine rings is 2. The van der Waals surface area contributed by atoms with Crippen LogP contribution in [-0.4, -0.2) is 58.3 Å². The Bertz CT molecular complexity index is 2020. The van der Waals surface area contributed by atoms with E-state index >= 15 is 0 Å². The molecule has 0 amide bonds. The molecule has 0 spiro atoms. The van der Waals surface area contributed by atoms with Crippen molar-refractivity contribution in [3.63, 3.8) is 0 Å². The van der Waals surface area contributed by atoms with E-state index in [-0.39, 0.29) is 31.7 Å². The molecule has 3 heterocycles. The molecule has 6 aromatic rings. The summed E-state index contributed by atoms with van der Waals surface area (Å²) < 4.78 is 14.4. The quantitative estimate of drug-likeness (QED) is 0.118. The lowest BCUT2D eigenvalue weighted by Gasteiger charge is -2.40. The largest absolute Gasteiger partial charge is 0.466 e. The Morgan fingerprint density at radius 3 is 1.38 bits per heavy atom. The van der Waals surface area contributed by atoms with Gasteiger partial charge in [-0.15, -0.1) is 23.4 Å². The van der Waals surface area contributed by atoms with E-state index in [0.717, 1.165) is 62.6 Å². The van der Waals surface area contributed by atoms with Crippen LogP contribution in [-0.2, 0) is 0 Å². The lowest BCUT2D eigenvalue weighted by molar-refractivity contribution is 0.0423. The fourth-order valence-corrected chi connectivity index (χ4v) is 8.67. The van der Waals surface area contributed by atoms with Crippen molar-refractivity contribution in [3.05, 3.63) is 146 Å². The molecule has 1 aromatic heterocycles. The Balaban J connectivity index is 0.00000435. The van der Waals surface area contributed by atoms with Crippen molar-refractivity contribution in [2.75, 3.05) is 26.2 Å². The Morgan fingerprint density at radius 2 is 0.943 bits per heavy atom. The molecular weight excluding hydrogens is 653 g/mol. The standard InChI is InChI=1S/C46H48N4O2.CH4/c1-3-29-49-31-13-11-27-41(49)43(37-25-15-19-33-17-5-7-21-35(33)37)51-45-39-23-9-10-24-40(39)46(48-47-45)52-44(42-28-12-14-32-50(42)30-4-2)38-26-16-20-34-18-6-8-22-36(34)38;/h3-10,15-26,41-44H,1-2,11-14,27-32H2;1H4/t41-,42-,43+,44+;/m0./s1. The summed E-state index contributed by atoms with van der Waals surface area (Å²) in [6.07, 6.45) is 10.2. The molecule has 2 fully saturated rings. The molecule has 2 aliphatic rings. The number of fused-ring (bicyclic) bond motifs is 3. The van der Waals surface area contributed by atoms with Gasteiger partial charge in [0.2, 0.25) is 11.8 Å². The molecule has 53 heavy (non-hydrogen) atoms. The number of aromatic nitrogens is 2. The molecule has 2 aliphatic heterocycles. The Hall–Kier alpha value is -5.04. The minimum Gasteiger partial charge on any atom is -0.466 e. The molecule has 0 aliphatic carbocycles. The number of ether oxygens (including phenoxy) is 2. The molecule has 6 nitrogen and oxygen atoms in total. The van der Waals surface area contributed by atoms with E-state index in [1.54, 1.807) is 0 Å². The van der Waals surface area contributed by atoms with Gasteiger partial charge in [0.1, 0.15) is 12.2 Å². The summed E-state index contributed by atoms with van der Waals surface area (Å²) in [6, 6.07) is 38.8. The van der Waals surface area contributed by atoms with Gasteiger partial charge in [0.15, 0.2) is 0 Å². The zero-order valence-corrected chi connectivity index (χ0v) is 29.9. The summed E-state index contributed by atoms with van der Waals surface area (Å²) >= 11 is 0. The minimum absolute atomic E-state index is 0. The van der Waals surface area contributed by atoms with Gasteiger partial charge in [-0.2, -0.15) is 0 Å². The molecule has 4 atom stereocenters. The second-order valence-electron chi connectivity index (χ2n) is 14.3. The molecule has 0 bridgehead atoms. The van der Waals surface area contributed by atoms with Gasteiger partial charge in [-0.05, 0) is 72.5 Å². The van der Waals surface area contributed by atoms with Gasteiger partial charge in [0.05, 0.1) is 22.9 Å². The van der Waals surface area contributed by atoms with E-state index < -0.39 is 0 Å². The van der Waals surface area contributed by atoms with E-state index in [0.29, 0.717) is 11.8 Å². The molecule has 272 valence electrons. The molecule has 0 radical (unpaired) electrons. The van der Waals surface area contributed by atoms with Crippen LogP contribution in [0.2, 0.25) is 0 Å². The average molecular weight is 705 g/mol. The van der Waals surface area contributed by atoms with Crippen molar-refractivity contribution >= 4 is 32.3 Å². The summed E-state index contributed by atoms with van der Waals surface area (Å²) in [6.45, 7) is 11.8. The Morgan fingerprint density at radius 1 is 0.547 bits per heavy atom. The van der Waals surface area contributed by atoms with Crippen LogP contribution in [0.4, 0.5) is 0 Å². The Labute approximate surface area is 314 Å². The van der Waals surface area contributed by atoms with Crippen LogP contribution in [0.15, 0.2) is 135 Å². The first-order valence-electron chi connectivity index (χ1n) is 19.0. The van der Waals surface area contributed by atoms with E-state index in [1.165, 1.54) is 45.5 Å². The maximum absolute atomic E-state index is 7.18. The van der Waals surface area contributed by atoms with Gasteiger partial charge in [-0.1, -0.05) is 129 Å². The van der Waals surface area contributed by atoms with E-state index in [1.807, 2.05) is 24.3 Å². The summed E-state index contributed by atoms with van der Waals surface area (Å²) in [7, 11) is 0. The summed E-state index contributed by atoms with van der Waals surface area (Å²) in [4.78, 5) is 5.04. The summed E-state index contributed by atoms with van der Waals surface area (Å²) in [5.74, 6) is 1.05. The van der Waals surface area contributed by atoms with E-state index in [9.17, 15) is 0 Å². The van der Waals surface area contributed by atoms with Crippen LogP contribution in [0.1, 0.15) is 69.3 Å². The zero-order chi connectivity index (χ0) is 35.3. The molecule has 0 saturated carbocycles.